The van der Waals surface area contributed by atoms with Gasteiger partial charge in [0.1, 0.15) is 5.82 Å². The molecule has 0 aromatic carbocycles. The van der Waals surface area contributed by atoms with Crippen molar-refractivity contribution in [3.8, 4) is 11.3 Å². The molecule has 0 amide bonds. The van der Waals surface area contributed by atoms with E-state index in [1.807, 2.05) is 6.92 Å². The highest BCUT2D eigenvalue weighted by Crippen LogP contribution is 2.28. The third kappa shape index (κ3) is 2.87. The fourth-order valence-electron chi connectivity index (χ4n) is 1.71. The van der Waals surface area contributed by atoms with Crippen LogP contribution < -0.4 is 5.32 Å². The molecule has 1 N–H and O–H groups in total. The highest BCUT2D eigenvalue weighted by atomic mass is 16.6. The van der Waals surface area contributed by atoms with E-state index in [0.29, 0.717) is 17.1 Å². The smallest absolute Gasteiger partial charge is 0.295 e. The molecule has 100 valence electrons. The van der Waals surface area contributed by atoms with Gasteiger partial charge in [-0.25, -0.2) is 4.98 Å². The number of pyridine rings is 1. The maximum Gasteiger partial charge on any atom is 0.295 e. The normalized spacial score (nSPS) is 10.4. The van der Waals surface area contributed by atoms with Gasteiger partial charge in [0.05, 0.1) is 11.1 Å². The minimum Gasteiger partial charge on any atom is -0.370 e. The Kier molecular flexibility index (Phi) is 3.74. The first-order valence-electron chi connectivity index (χ1n) is 6.00. The van der Waals surface area contributed by atoms with Crippen molar-refractivity contribution in [2.45, 2.75) is 13.3 Å². The van der Waals surface area contributed by atoms with Crippen LogP contribution in [-0.2, 0) is 7.05 Å². The molecular formula is C12H15N5O2. The molecule has 0 saturated carbocycles. The van der Waals surface area contributed by atoms with Crippen LogP contribution in [0.25, 0.3) is 11.3 Å². The Morgan fingerprint density at radius 1 is 1.47 bits per heavy atom. The van der Waals surface area contributed by atoms with E-state index in [1.54, 1.807) is 30.2 Å². The van der Waals surface area contributed by atoms with Crippen molar-refractivity contribution >= 4 is 11.5 Å². The number of aryl methyl sites for hydroxylation is 1. The van der Waals surface area contributed by atoms with Crippen LogP contribution in [0.1, 0.15) is 13.3 Å². The van der Waals surface area contributed by atoms with Gasteiger partial charge in [0.25, 0.3) is 5.69 Å². The van der Waals surface area contributed by atoms with Crippen LogP contribution >= 0.6 is 0 Å². The summed E-state index contributed by atoms with van der Waals surface area (Å²) >= 11 is 0. The lowest BCUT2D eigenvalue weighted by molar-refractivity contribution is -0.384. The summed E-state index contributed by atoms with van der Waals surface area (Å²) in [7, 11) is 1.76. The van der Waals surface area contributed by atoms with Gasteiger partial charge in [0, 0.05) is 31.4 Å². The van der Waals surface area contributed by atoms with Gasteiger partial charge in [0.2, 0.25) is 0 Å². The average Bonchev–Trinajstić information content (AvgIpc) is 2.82. The lowest BCUT2D eigenvalue weighted by atomic mass is 10.2. The fourth-order valence-corrected chi connectivity index (χ4v) is 1.71. The average molecular weight is 261 g/mol. The van der Waals surface area contributed by atoms with Gasteiger partial charge in [-0.2, -0.15) is 5.10 Å². The van der Waals surface area contributed by atoms with Crippen LogP contribution in [0.3, 0.4) is 0 Å². The third-order valence-electron chi connectivity index (χ3n) is 2.61. The van der Waals surface area contributed by atoms with Crippen molar-refractivity contribution < 1.29 is 4.92 Å². The molecule has 0 saturated heterocycles. The van der Waals surface area contributed by atoms with Gasteiger partial charge in [-0.3, -0.25) is 14.8 Å². The Morgan fingerprint density at radius 2 is 2.26 bits per heavy atom. The van der Waals surface area contributed by atoms with Crippen molar-refractivity contribution in [2.24, 2.45) is 7.05 Å². The quantitative estimate of drug-likeness (QED) is 0.658. The van der Waals surface area contributed by atoms with E-state index in [2.05, 4.69) is 15.4 Å². The van der Waals surface area contributed by atoms with Crippen molar-refractivity contribution in [3.63, 3.8) is 0 Å². The predicted molar refractivity (Wildman–Crippen MR) is 71.9 cm³/mol. The molecule has 0 bridgehead atoms. The van der Waals surface area contributed by atoms with Crippen molar-refractivity contribution in [3.05, 3.63) is 34.6 Å². The lowest BCUT2D eigenvalue weighted by Gasteiger charge is -2.06. The van der Waals surface area contributed by atoms with Crippen LogP contribution in [0.2, 0.25) is 0 Å². The minimum absolute atomic E-state index is 0.0185. The molecule has 2 rings (SSSR count). The zero-order valence-electron chi connectivity index (χ0n) is 10.8. The minimum atomic E-state index is -0.432. The van der Waals surface area contributed by atoms with Crippen LogP contribution in [-0.4, -0.2) is 26.2 Å². The maximum absolute atomic E-state index is 11.0. The van der Waals surface area contributed by atoms with Crippen LogP contribution in [0.4, 0.5) is 11.5 Å². The lowest BCUT2D eigenvalue weighted by Crippen LogP contribution is -2.03. The van der Waals surface area contributed by atoms with Crippen molar-refractivity contribution in [1.82, 2.24) is 14.8 Å². The van der Waals surface area contributed by atoms with Crippen LogP contribution in [0, 0.1) is 10.1 Å². The number of nitro groups is 1. The zero-order chi connectivity index (χ0) is 13.8. The molecule has 19 heavy (non-hydrogen) atoms. The van der Waals surface area contributed by atoms with Crippen LogP contribution in [0.15, 0.2) is 24.5 Å². The monoisotopic (exact) mass is 261 g/mol. The molecule has 0 radical (unpaired) electrons. The predicted octanol–water partition coefficient (Wildman–Crippen LogP) is 2.21. The highest BCUT2D eigenvalue weighted by Gasteiger charge is 2.18. The Hall–Kier alpha value is -2.44. The summed E-state index contributed by atoms with van der Waals surface area (Å²) in [4.78, 5) is 14.9. The van der Waals surface area contributed by atoms with E-state index >= 15 is 0 Å². The Morgan fingerprint density at radius 3 is 2.84 bits per heavy atom. The number of hydrogen-bond acceptors (Lipinski definition) is 5. The summed E-state index contributed by atoms with van der Waals surface area (Å²) in [6, 6.07) is 3.08. The second-order valence-electron chi connectivity index (χ2n) is 4.15. The molecule has 7 heteroatoms. The van der Waals surface area contributed by atoms with E-state index in [4.69, 9.17) is 0 Å². The summed E-state index contributed by atoms with van der Waals surface area (Å²) in [6.07, 6.45) is 4.23. The summed E-state index contributed by atoms with van der Waals surface area (Å²) in [6.45, 7) is 2.82. The molecule has 0 atom stereocenters. The number of nitrogens with zero attached hydrogens (tertiary/aromatic N) is 4. The number of aromatic nitrogens is 3. The van der Waals surface area contributed by atoms with Gasteiger partial charge in [0.15, 0.2) is 5.69 Å². The summed E-state index contributed by atoms with van der Waals surface area (Å²) in [5, 5.41) is 18.2. The van der Waals surface area contributed by atoms with E-state index < -0.39 is 4.92 Å². The molecular weight excluding hydrogens is 246 g/mol. The number of anilines is 1. The maximum atomic E-state index is 11.0. The number of rotatable bonds is 5. The Bertz CT molecular complexity index is 594. The molecule has 2 heterocycles. The fraction of sp³-hybridized carbons (Fsp3) is 0.333. The largest absolute Gasteiger partial charge is 0.370 e. The van der Waals surface area contributed by atoms with Gasteiger partial charge < -0.3 is 5.32 Å². The van der Waals surface area contributed by atoms with Crippen LogP contribution in [0.5, 0.6) is 0 Å². The zero-order valence-corrected chi connectivity index (χ0v) is 10.8. The molecule has 0 aliphatic rings. The van der Waals surface area contributed by atoms with Gasteiger partial charge in [-0.1, -0.05) is 6.92 Å². The molecule has 7 nitrogen and oxygen atoms in total. The second kappa shape index (κ2) is 5.47. The first-order valence-corrected chi connectivity index (χ1v) is 6.00. The first-order chi connectivity index (χ1) is 9.11. The number of nitrogens with one attached hydrogen (secondary N) is 1. The Labute approximate surface area is 110 Å². The third-order valence-corrected chi connectivity index (χ3v) is 2.61. The molecule has 0 spiro atoms. The molecule has 2 aromatic heterocycles. The molecule has 0 fully saturated rings. The Balaban J connectivity index is 2.44. The van der Waals surface area contributed by atoms with Gasteiger partial charge in [-0.15, -0.1) is 0 Å². The summed E-state index contributed by atoms with van der Waals surface area (Å²) in [5.74, 6) is 0.631. The standard InChI is InChI=1S/C12H15N5O2/c1-3-6-13-11-5-4-10(17(18)19)12(15-11)9-7-14-16(2)8-9/h4-5,7-8H,3,6H2,1-2H3,(H,13,15). The van der Waals surface area contributed by atoms with E-state index in [0.717, 1.165) is 13.0 Å². The molecule has 2 aromatic rings. The topological polar surface area (TPSA) is 85.9 Å². The SMILES string of the molecule is CCCNc1ccc([N+](=O)[O-])c(-c2cnn(C)c2)n1. The number of hydrogen-bond donors (Lipinski definition) is 1. The first kappa shape index (κ1) is 13.0. The van der Waals surface area contributed by atoms with E-state index in [1.165, 1.54) is 6.07 Å². The second-order valence-corrected chi connectivity index (χ2v) is 4.15. The highest BCUT2D eigenvalue weighted by molar-refractivity contribution is 5.70. The molecule has 0 aliphatic carbocycles. The van der Waals surface area contributed by atoms with Crippen molar-refractivity contribution in [2.75, 3.05) is 11.9 Å². The van der Waals surface area contributed by atoms with Crippen molar-refractivity contribution in [1.29, 1.82) is 0 Å². The molecule has 0 unspecified atom stereocenters. The summed E-state index contributed by atoms with van der Waals surface area (Å²) in [5.41, 5.74) is 0.948. The van der Waals surface area contributed by atoms with Gasteiger partial charge >= 0.3 is 0 Å². The van der Waals surface area contributed by atoms with E-state index in [-0.39, 0.29) is 5.69 Å². The summed E-state index contributed by atoms with van der Waals surface area (Å²) < 4.78 is 1.59. The van der Waals surface area contributed by atoms with Gasteiger partial charge in [-0.05, 0) is 12.5 Å². The van der Waals surface area contributed by atoms with E-state index in [9.17, 15) is 10.1 Å². The molecule has 0 aliphatic heterocycles.